The number of amidine groups is 1. The number of amides is 1. The van der Waals surface area contributed by atoms with E-state index in [9.17, 15) is 4.79 Å². The highest BCUT2D eigenvalue weighted by atomic mass is 16.4. The Morgan fingerprint density at radius 1 is 1.47 bits per heavy atom. The van der Waals surface area contributed by atoms with Gasteiger partial charge in [-0.1, -0.05) is 12.1 Å². The van der Waals surface area contributed by atoms with Crippen molar-refractivity contribution in [2.75, 3.05) is 6.54 Å². The first-order chi connectivity index (χ1) is 8.04. The molecule has 1 unspecified atom stereocenters. The van der Waals surface area contributed by atoms with Crippen LogP contribution in [0.2, 0.25) is 0 Å². The van der Waals surface area contributed by atoms with E-state index >= 15 is 0 Å². The maximum Gasteiger partial charge on any atom is 0.251 e. The maximum atomic E-state index is 11.6. The molecule has 0 bridgehead atoms. The van der Waals surface area contributed by atoms with Gasteiger partial charge in [-0.3, -0.25) is 4.79 Å². The van der Waals surface area contributed by atoms with Gasteiger partial charge in [-0.05, 0) is 24.3 Å². The van der Waals surface area contributed by atoms with Crippen molar-refractivity contribution in [3.63, 3.8) is 0 Å². The maximum absolute atomic E-state index is 11.6. The first kappa shape index (κ1) is 12.8. The summed E-state index contributed by atoms with van der Waals surface area (Å²) >= 11 is 0. The van der Waals surface area contributed by atoms with E-state index in [2.05, 4.69) is 10.5 Å². The van der Waals surface area contributed by atoms with Gasteiger partial charge in [0.25, 0.3) is 5.91 Å². The Bertz CT molecular complexity index is 414. The van der Waals surface area contributed by atoms with Crippen molar-refractivity contribution in [2.45, 2.75) is 6.92 Å². The van der Waals surface area contributed by atoms with E-state index in [4.69, 9.17) is 16.0 Å². The summed E-state index contributed by atoms with van der Waals surface area (Å²) in [7, 11) is 0. The lowest BCUT2D eigenvalue weighted by molar-refractivity contribution is 0.0951. The number of oxime groups is 1. The van der Waals surface area contributed by atoms with E-state index in [1.165, 1.54) is 24.3 Å². The Morgan fingerprint density at radius 2 is 2.06 bits per heavy atom. The van der Waals surface area contributed by atoms with Gasteiger partial charge in [0, 0.05) is 18.0 Å². The number of nitrogens with zero attached hydrogens (tertiary/aromatic N) is 1. The number of carbonyl (C=O) groups is 1. The summed E-state index contributed by atoms with van der Waals surface area (Å²) in [5, 5.41) is 23.0. The van der Waals surface area contributed by atoms with Crippen molar-refractivity contribution in [3.05, 3.63) is 29.8 Å². The fraction of sp³-hybridized carbons (Fsp3) is 0.273. The number of aromatic hydroxyl groups is 1. The molecule has 0 fully saturated rings. The standard InChI is InChI=1S/C11H15N3O3/c1-7(10(12)14-17)6-13-11(16)8-2-4-9(15)5-3-8/h2-5,7,15,17H,6H2,1H3,(H2,12,14)(H,13,16). The summed E-state index contributed by atoms with van der Waals surface area (Å²) in [6.07, 6.45) is 0. The minimum Gasteiger partial charge on any atom is -0.508 e. The summed E-state index contributed by atoms with van der Waals surface area (Å²) in [6, 6.07) is 5.89. The molecule has 17 heavy (non-hydrogen) atoms. The minimum absolute atomic E-state index is 0.0657. The Kier molecular flexibility index (Phi) is 4.33. The number of nitrogens with two attached hydrogens (primary N) is 1. The predicted molar refractivity (Wildman–Crippen MR) is 63.0 cm³/mol. The largest absolute Gasteiger partial charge is 0.508 e. The van der Waals surface area contributed by atoms with Crippen molar-refractivity contribution in [2.24, 2.45) is 16.8 Å². The Morgan fingerprint density at radius 3 is 2.59 bits per heavy atom. The van der Waals surface area contributed by atoms with Crippen LogP contribution in [0, 0.1) is 5.92 Å². The zero-order chi connectivity index (χ0) is 12.8. The van der Waals surface area contributed by atoms with E-state index in [-0.39, 0.29) is 30.0 Å². The van der Waals surface area contributed by atoms with E-state index in [1.807, 2.05) is 0 Å². The second-order valence-corrected chi connectivity index (χ2v) is 3.68. The average molecular weight is 237 g/mol. The van der Waals surface area contributed by atoms with Gasteiger partial charge in [0.2, 0.25) is 0 Å². The number of phenolic OH excluding ortho intramolecular Hbond substituents is 1. The first-order valence-electron chi connectivity index (χ1n) is 5.09. The van der Waals surface area contributed by atoms with Crippen LogP contribution in [0.3, 0.4) is 0 Å². The smallest absolute Gasteiger partial charge is 0.251 e. The second kappa shape index (κ2) is 5.74. The van der Waals surface area contributed by atoms with Crippen LogP contribution in [-0.4, -0.2) is 28.6 Å². The van der Waals surface area contributed by atoms with Gasteiger partial charge in [0.1, 0.15) is 11.6 Å². The Labute approximate surface area is 98.7 Å². The first-order valence-corrected chi connectivity index (χ1v) is 5.09. The van der Waals surface area contributed by atoms with Gasteiger partial charge in [-0.25, -0.2) is 0 Å². The van der Waals surface area contributed by atoms with Crippen LogP contribution in [-0.2, 0) is 0 Å². The molecule has 0 radical (unpaired) electrons. The van der Waals surface area contributed by atoms with Gasteiger partial charge >= 0.3 is 0 Å². The summed E-state index contributed by atoms with van der Waals surface area (Å²) in [5.41, 5.74) is 5.82. The third kappa shape index (κ3) is 3.67. The Hall–Kier alpha value is -2.24. The van der Waals surface area contributed by atoms with Crippen LogP contribution in [0.1, 0.15) is 17.3 Å². The van der Waals surface area contributed by atoms with E-state index < -0.39 is 0 Å². The summed E-state index contributed by atoms with van der Waals surface area (Å²) in [6.45, 7) is 2.00. The molecule has 92 valence electrons. The molecular weight excluding hydrogens is 222 g/mol. The fourth-order valence-electron chi connectivity index (χ4n) is 1.16. The van der Waals surface area contributed by atoms with Gasteiger partial charge in [0.15, 0.2) is 0 Å². The predicted octanol–water partition coefficient (Wildman–Crippen LogP) is 0.504. The molecule has 1 aromatic carbocycles. The molecule has 6 nitrogen and oxygen atoms in total. The average Bonchev–Trinajstić information content (AvgIpc) is 2.35. The van der Waals surface area contributed by atoms with Crippen LogP contribution in [0.5, 0.6) is 5.75 Å². The molecule has 0 saturated carbocycles. The number of rotatable bonds is 4. The molecule has 0 saturated heterocycles. The number of nitrogens with one attached hydrogen (secondary N) is 1. The van der Waals surface area contributed by atoms with Crippen molar-refractivity contribution in [3.8, 4) is 5.75 Å². The molecular formula is C11H15N3O3. The van der Waals surface area contributed by atoms with Gasteiger partial charge in [-0.15, -0.1) is 0 Å². The minimum atomic E-state index is -0.275. The molecule has 0 aliphatic heterocycles. The SMILES string of the molecule is CC(CNC(=O)c1ccc(O)cc1)C(N)=NO. The Balaban J connectivity index is 2.53. The lowest BCUT2D eigenvalue weighted by Crippen LogP contribution is -2.34. The number of benzene rings is 1. The molecule has 5 N–H and O–H groups in total. The molecule has 0 aliphatic carbocycles. The lowest BCUT2D eigenvalue weighted by Gasteiger charge is -2.10. The number of phenols is 1. The van der Waals surface area contributed by atoms with Gasteiger partial charge in [0.05, 0.1) is 0 Å². The van der Waals surface area contributed by atoms with Crippen molar-refractivity contribution < 1.29 is 15.1 Å². The molecule has 6 heteroatoms. The van der Waals surface area contributed by atoms with Crippen LogP contribution in [0.4, 0.5) is 0 Å². The molecule has 0 spiro atoms. The van der Waals surface area contributed by atoms with Crippen molar-refractivity contribution >= 4 is 11.7 Å². The topological polar surface area (TPSA) is 108 Å². The normalized spacial score (nSPS) is 13.1. The number of hydrogen-bond donors (Lipinski definition) is 4. The summed E-state index contributed by atoms with van der Waals surface area (Å²) in [4.78, 5) is 11.6. The van der Waals surface area contributed by atoms with Gasteiger partial charge in [-0.2, -0.15) is 0 Å². The highest BCUT2D eigenvalue weighted by Crippen LogP contribution is 2.09. The summed E-state index contributed by atoms with van der Waals surface area (Å²) in [5.74, 6) is -0.355. The van der Waals surface area contributed by atoms with E-state index in [0.717, 1.165) is 0 Å². The van der Waals surface area contributed by atoms with Crippen LogP contribution >= 0.6 is 0 Å². The molecule has 1 atom stereocenters. The van der Waals surface area contributed by atoms with Crippen LogP contribution in [0.25, 0.3) is 0 Å². The van der Waals surface area contributed by atoms with E-state index in [0.29, 0.717) is 5.56 Å². The highest BCUT2D eigenvalue weighted by Gasteiger charge is 2.10. The molecule has 0 aliphatic rings. The fourth-order valence-corrected chi connectivity index (χ4v) is 1.16. The monoisotopic (exact) mass is 237 g/mol. The number of carbonyl (C=O) groups excluding carboxylic acids is 1. The van der Waals surface area contributed by atoms with Crippen molar-refractivity contribution in [1.29, 1.82) is 0 Å². The highest BCUT2D eigenvalue weighted by molar-refractivity contribution is 5.94. The second-order valence-electron chi connectivity index (χ2n) is 3.68. The summed E-state index contributed by atoms with van der Waals surface area (Å²) < 4.78 is 0. The zero-order valence-electron chi connectivity index (χ0n) is 9.42. The molecule has 1 aromatic rings. The van der Waals surface area contributed by atoms with Crippen LogP contribution < -0.4 is 11.1 Å². The third-order valence-corrected chi connectivity index (χ3v) is 2.32. The van der Waals surface area contributed by atoms with E-state index in [1.54, 1.807) is 6.92 Å². The number of hydrogen-bond acceptors (Lipinski definition) is 4. The quantitative estimate of drug-likeness (QED) is 0.265. The molecule has 0 aromatic heterocycles. The third-order valence-electron chi connectivity index (χ3n) is 2.32. The van der Waals surface area contributed by atoms with Crippen LogP contribution in [0.15, 0.2) is 29.4 Å². The molecule has 0 heterocycles. The lowest BCUT2D eigenvalue weighted by atomic mass is 10.1. The van der Waals surface area contributed by atoms with Gasteiger partial charge < -0.3 is 21.4 Å². The van der Waals surface area contributed by atoms with Crippen molar-refractivity contribution in [1.82, 2.24) is 5.32 Å². The molecule has 1 amide bonds. The molecule has 1 rings (SSSR count). The zero-order valence-corrected chi connectivity index (χ0v) is 9.42.